The zero-order valence-corrected chi connectivity index (χ0v) is 15.7. The lowest BCUT2D eigenvalue weighted by Crippen LogP contribution is -2.38. The van der Waals surface area contributed by atoms with E-state index in [4.69, 9.17) is 24.0 Å². The molecule has 2 aliphatic heterocycles. The van der Waals surface area contributed by atoms with E-state index in [-0.39, 0.29) is 12.6 Å². The molecule has 0 spiro atoms. The molecule has 0 bridgehead atoms. The highest BCUT2D eigenvalue weighted by atomic mass is 31.1. The van der Waals surface area contributed by atoms with Crippen molar-refractivity contribution in [2.75, 3.05) is 26.5 Å². The van der Waals surface area contributed by atoms with Gasteiger partial charge in [0.2, 0.25) is 6.79 Å². The summed E-state index contributed by atoms with van der Waals surface area (Å²) in [5.74, 6) is 2.79. The van der Waals surface area contributed by atoms with Crippen LogP contribution in [0.4, 0.5) is 4.39 Å². The molecule has 1 saturated heterocycles. The Hall–Kier alpha value is -1.92. The van der Waals surface area contributed by atoms with Crippen LogP contribution in [0.5, 0.6) is 17.2 Å². The SMILES string of the molecule is Fc1ccc([C@@H]2CCNC[C@H]2COc2ccc3c(c2)OCO3)cc1.[O-]PO. The highest BCUT2D eigenvalue weighted by Crippen LogP contribution is 2.36. The van der Waals surface area contributed by atoms with Gasteiger partial charge in [0.05, 0.1) is 6.61 Å². The summed E-state index contributed by atoms with van der Waals surface area (Å²) < 4.78 is 29.9. The molecule has 2 heterocycles. The largest absolute Gasteiger partial charge is 0.811 e. The van der Waals surface area contributed by atoms with Gasteiger partial charge in [-0.1, -0.05) is 21.2 Å². The maximum Gasteiger partial charge on any atom is 0.231 e. The summed E-state index contributed by atoms with van der Waals surface area (Å²) in [7, 11) is -1.17. The molecule has 3 atom stereocenters. The van der Waals surface area contributed by atoms with Crippen molar-refractivity contribution in [3.05, 3.63) is 53.8 Å². The molecular weight excluding hydrogens is 372 g/mol. The minimum absolute atomic E-state index is 0.194. The van der Waals surface area contributed by atoms with Crippen LogP contribution in [0, 0.1) is 11.7 Å². The third-order valence-electron chi connectivity index (χ3n) is 4.71. The highest BCUT2D eigenvalue weighted by Gasteiger charge is 2.27. The van der Waals surface area contributed by atoms with E-state index >= 15 is 0 Å². The number of fused-ring (bicyclic) bond motifs is 1. The van der Waals surface area contributed by atoms with E-state index in [9.17, 15) is 4.39 Å². The van der Waals surface area contributed by atoms with Gasteiger partial charge in [0.25, 0.3) is 0 Å². The molecule has 1 unspecified atom stereocenters. The molecule has 0 radical (unpaired) electrons. The van der Waals surface area contributed by atoms with Crippen molar-refractivity contribution in [1.82, 2.24) is 5.32 Å². The van der Waals surface area contributed by atoms with Crippen LogP contribution >= 0.6 is 9.03 Å². The topological polar surface area (TPSA) is 83.0 Å². The van der Waals surface area contributed by atoms with E-state index in [0.29, 0.717) is 18.4 Å². The fraction of sp³-hybridized carbons (Fsp3) is 0.368. The molecule has 2 aliphatic rings. The van der Waals surface area contributed by atoms with Crippen molar-refractivity contribution in [1.29, 1.82) is 0 Å². The molecule has 0 aromatic heterocycles. The van der Waals surface area contributed by atoms with Gasteiger partial charge >= 0.3 is 0 Å². The zero-order valence-electron chi connectivity index (χ0n) is 14.7. The second kappa shape index (κ2) is 9.85. The van der Waals surface area contributed by atoms with Crippen LogP contribution in [-0.2, 0) is 0 Å². The molecule has 146 valence electrons. The minimum atomic E-state index is -1.17. The molecule has 2 aromatic rings. The van der Waals surface area contributed by atoms with Crippen molar-refractivity contribution >= 4 is 9.03 Å². The predicted molar refractivity (Wildman–Crippen MR) is 98.7 cm³/mol. The van der Waals surface area contributed by atoms with Crippen LogP contribution in [0.25, 0.3) is 0 Å². The molecule has 4 rings (SSSR count). The summed E-state index contributed by atoms with van der Waals surface area (Å²) in [5, 5.41) is 3.43. The van der Waals surface area contributed by atoms with E-state index in [1.807, 2.05) is 30.3 Å². The van der Waals surface area contributed by atoms with Crippen molar-refractivity contribution < 1.29 is 28.4 Å². The number of nitrogens with one attached hydrogen (secondary N) is 1. The Kier molecular flexibility index (Phi) is 7.24. The summed E-state index contributed by atoms with van der Waals surface area (Å²) in [6.07, 6.45) is 1.03. The number of hydrogen-bond donors (Lipinski definition) is 2. The molecule has 0 saturated carbocycles. The monoisotopic (exact) mass is 394 g/mol. The molecule has 0 amide bonds. The minimum Gasteiger partial charge on any atom is -0.811 e. The third-order valence-corrected chi connectivity index (χ3v) is 4.71. The summed E-state index contributed by atoms with van der Waals surface area (Å²) in [5.41, 5.74) is 1.18. The predicted octanol–water partition coefficient (Wildman–Crippen LogP) is 2.17. The van der Waals surface area contributed by atoms with E-state index in [0.717, 1.165) is 36.8 Å². The molecule has 6 nitrogen and oxygen atoms in total. The van der Waals surface area contributed by atoms with Crippen molar-refractivity contribution in [2.45, 2.75) is 12.3 Å². The Morgan fingerprint density at radius 1 is 1.19 bits per heavy atom. The Labute approximate surface area is 159 Å². The third kappa shape index (κ3) is 5.30. The Balaban J connectivity index is 0.000000659. The fourth-order valence-corrected chi connectivity index (χ4v) is 3.42. The molecular formula is C19H22FNO5P-. The first kappa shape index (κ1) is 19.8. The smallest absolute Gasteiger partial charge is 0.231 e. The standard InChI is InChI=1S/C19H20FNO3.H2O2P/c20-15-3-1-13(2-4-15)17-7-8-21-10-14(17)11-22-16-5-6-18-19(9-16)24-12-23-18;1-3-2/h1-6,9,14,17,21H,7-8,10-12H2;1,3H/q;-1/t14-,17-;/m0./s1. The first-order chi connectivity index (χ1) is 13.2. The van der Waals surface area contributed by atoms with Crippen LogP contribution in [0.1, 0.15) is 17.9 Å². The van der Waals surface area contributed by atoms with Gasteiger partial charge in [-0.15, -0.1) is 0 Å². The van der Waals surface area contributed by atoms with Gasteiger partial charge in [0.15, 0.2) is 11.5 Å². The molecule has 2 N–H and O–H groups in total. The van der Waals surface area contributed by atoms with Gasteiger partial charge in [-0.25, -0.2) is 4.39 Å². The second-order valence-corrected chi connectivity index (χ2v) is 6.51. The Bertz CT molecular complexity index is 731. The van der Waals surface area contributed by atoms with Crippen LogP contribution in [-0.4, -0.2) is 31.4 Å². The quantitative estimate of drug-likeness (QED) is 0.774. The average Bonchev–Trinajstić information content (AvgIpc) is 3.16. The summed E-state index contributed by atoms with van der Waals surface area (Å²) in [6.45, 7) is 2.74. The van der Waals surface area contributed by atoms with E-state index in [1.54, 1.807) is 0 Å². The molecule has 0 aliphatic carbocycles. The lowest BCUT2D eigenvalue weighted by atomic mass is 9.81. The number of piperidine rings is 1. The van der Waals surface area contributed by atoms with Gasteiger partial charge in [-0.2, -0.15) is 0 Å². The van der Waals surface area contributed by atoms with E-state index < -0.39 is 9.03 Å². The van der Waals surface area contributed by atoms with Gasteiger partial charge < -0.3 is 29.3 Å². The molecule has 1 fully saturated rings. The lowest BCUT2D eigenvalue weighted by molar-refractivity contribution is -0.164. The van der Waals surface area contributed by atoms with Crippen LogP contribution < -0.4 is 24.4 Å². The number of rotatable bonds is 4. The highest BCUT2D eigenvalue weighted by molar-refractivity contribution is 7.22. The Morgan fingerprint density at radius 2 is 1.93 bits per heavy atom. The van der Waals surface area contributed by atoms with Crippen LogP contribution in [0.2, 0.25) is 0 Å². The van der Waals surface area contributed by atoms with Gasteiger partial charge in [-0.3, -0.25) is 0 Å². The summed E-state index contributed by atoms with van der Waals surface area (Å²) >= 11 is 0. The number of ether oxygens (including phenoxy) is 3. The van der Waals surface area contributed by atoms with E-state index in [1.165, 1.54) is 17.7 Å². The van der Waals surface area contributed by atoms with Crippen molar-refractivity contribution in [3.8, 4) is 17.2 Å². The lowest BCUT2D eigenvalue weighted by Gasteiger charge is -2.32. The van der Waals surface area contributed by atoms with Gasteiger partial charge in [-0.05, 0) is 48.7 Å². The van der Waals surface area contributed by atoms with Crippen molar-refractivity contribution in [2.24, 2.45) is 5.92 Å². The average molecular weight is 394 g/mol. The number of hydrogen-bond acceptors (Lipinski definition) is 6. The molecule has 8 heteroatoms. The van der Waals surface area contributed by atoms with Crippen LogP contribution in [0.15, 0.2) is 42.5 Å². The maximum absolute atomic E-state index is 13.2. The molecule has 2 aromatic carbocycles. The Morgan fingerprint density at radius 3 is 2.70 bits per heavy atom. The number of halogens is 1. The van der Waals surface area contributed by atoms with Crippen LogP contribution in [0.3, 0.4) is 0 Å². The number of benzene rings is 2. The first-order valence-corrected chi connectivity index (χ1v) is 9.56. The second-order valence-electron chi connectivity index (χ2n) is 6.33. The fourth-order valence-electron chi connectivity index (χ4n) is 3.42. The maximum atomic E-state index is 13.2. The van der Waals surface area contributed by atoms with E-state index in [2.05, 4.69) is 5.32 Å². The first-order valence-electron chi connectivity index (χ1n) is 8.71. The van der Waals surface area contributed by atoms with Crippen molar-refractivity contribution in [3.63, 3.8) is 0 Å². The normalized spacial score (nSPS) is 21.0. The zero-order chi connectivity index (χ0) is 19.1. The molecule has 27 heavy (non-hydrogen) atoms. The summed E-state index contributed by atoms with van der Waals surface area (Å²) in [4.78, 5) is 15.6. The van der Waals surface area contributed by atoms with Gasteiger partial charge in [0, 0.05) is 18.5 Å². The van der Waals surface area contributed by atoms with Gasteiger partial charge in [0.1, 0.15) is 11.6 Å². The summed E-state index contributed by atoms with van der Waals surface area (Å²) in [6, 6.07) is 12.5.